The van der Waals surface area contributed by atoms with Crippen molar-refractivity contribution < 1.29 is 8.78 Å². The van der Waals surface area contributed by atoms with Crippen LogP contribution in [0.25, 0.3) is 22.3 Å². The Kier molecular flexibility index (Phi) is 4.07. The Morgan fingerprint density at radius 2 is 1.60 bits per heavy atom. The van der Waals surface area contributed by atoms with E-state index in [0.29, 0.717) is 11.4 Å². The Morgan fingerprint density at radius 1 is 0.920 bits per heavy atom. The first-order chi connectivity index (χ1) is 12.1. The fraction of sp³-hybridized carbons (Fsp3) is 0.300. The SMILES string of the molecule is CC1CCN(c2nc(-c3c(F)cccc3F)nc3ccccc23)CC1. The summed E-state index contributed by atoms with van der Waals surface area (Å²) in [5.41, 5.74) is 0.531. The fourth-order valence-electron chi connectivity index (χ4n) is 3.34. The summed E-state index contributed by atoms with van der Waals surface area (Å²) in [5.74, 6) is 0.257. The molecule has 0 spiro atoms. The summed E-state index contributed by atoms with van der Waals surface area (Å²) in [6, 6.07) is 11.4. The van der Waals surface area contributed by atoms with Gasteiger partial charge in [0, 0.05) is 18.5 Å². The second-order valence-electron chi connectivity index (χ2n) is 6.65. The van der Waals surface area contributed by atoms with Gasteiger partial charge in [0.15, 0.2) is 5.82 Å². The van der Waals surface area contributed by atoms with Gasteiger partial charge in [-0.15, -0.1) is 0 Å². The van der Waals surface area contributed by atoms with Crippen molar-refractivity contribution in [2.75, 3.05) is 18.0 Å². The summed E-state index contributed by atoms with van der Waals surface area (Å²) in [7, 11) is 0. The monoisotopic (exact) mass is 339 g/mol. The van der Waals surface area contributed by atoms with Crippen LogP contribution in [0, 0.1) is 17.6 Å². The molecule has 0 bridgehead atoms. The van der Waals surface area contributed by atoms with Crippen LogP contribution in [0.3, 0.4) is 0 Å². The van der Waals surface area contributed by atoms with Gasteiger partial charge in [-0.2, -0.15) is 0 Å². The summed E-state index contributed by atoms with van der Waals surface area (Å²) in [4.78, 5) is 11.2. The Morgan fingerprint density at radius 3 is 2.32 bits per heavy atom. The molecule has 0 amide bonds. The van der Waals surface area contributed by atoms with Crippen LogP contribution in [-0.2, 0) is 0 Å². The topological polar surface area (TPSA) is 29.0 Å². The maximum atomic E-state index is 14.2. The predicted octanol–water partition coefficient (Wildman–Crippen LogP) is 4.81. The first kappa shape index (κ1) is 15.9. The molecule has 1 saturated heterocycles. The van der Waals surface area contributed by atoms with Gasteiger partial charge in [-0.3, -0.25) is 0 Å². The van der Waals surface area contributed by atoms with E-state index in [2.05, 4.69) is 21.8 Å². The molecular weight excluding hydrogens is 320 g/mol. The molecule has 0 radical (unpaired) electrons. The first-order valence-corrected chi connectivity index (χ1v) is 8.59. The average Bonchev–Trinajstić information content (AvgIpc) is 2.62. The lowest BCUT2D eigenvalue weighted by Crippen LogP contribution is -2.33. The minimum Gasteiger partial charge on any atom is -0.356 e. The third-order valence-electron chi connectivity index (χ3n) is 4.85. The molecule has 128 valence electrons. The van der Waals surface area contributed by atoms with Crippen molar-refractivity contribution in [1.82, 2.24) is 9.97 Å². The van der Waals surface area contributed by atoms with E-state index in [9.17, 15) is 8.78 Å². The second-order valence-corrected chi connectivity index (χ2v) is 6.65. The fourth-order valence-corrected chi connectivity index (χ4v) is 3.34. The highest BCUT2D eigenvalue weighted by molar-refractivity contribution is 5.91. The molecule has 0 saturated carbocycles. The summed E-state index contributed by atoms with van der Waals surface area (Å²) in [6.07, 6.45) is 2.17. The van der Waals surface area contributed by atoms with Crippen molar-refractivity contribution in [2.24, 2.45) is 5.92 Å². The van der Waals surface area contributed by atoms with Crippen LogP contribution >= 0.6 is 0 Å². The number of fused-ring (bicyclic) bond motifs is 1. The van der Waals surface area contributed by atoms with Crippen LogP contribution in [0.1, 0.15) is 19.8 Å². The molecule has 2 heterocycles. The highest BCUT2D eigenvalue weighted by Gasteiger charge is 2.22. The summed E-state index contributed by atoms with van der Waals surface area (Å²) in [6.45, 7) is 4.03. The highest BCUT2D eigenvalue weighted by Crippen LogP contribution is 2.32. The Hall–Kier alpha value is -2.56. The molecule has 3 nitrogen and oxygen atoms in total. The van der Waals surface area contributed by atoms with Crippen LogP contribution in [0.5, 0.6) is 0 Å². The number of para-hydroxylation sites is 1. The number of halogens is 2. The number of benzene rings is 2. The summed E-state index contributed by atoms with van der Waals surface area (Å²) >= 11 is 0. The van der Waals surface area contributed by atoms with Gasteiger partial charge in [0.2, 0.25) is 0 Å². The van der Waals surface area contributed by atoms with Gasteiger partial charge in [0.05, 0.1) is 11.1 Å². The zero-order valence-electron chi connectivity index (χ0n) is 14.0. The molecule has 0 atom stereocenters. The zero-order chi connectivity index (χ0) is 17.4. The van der Waals surface area contributed by atoms with E-state index in [1.807, 2.05) is 24.3 Å². The van der Waals surface area contributed by atoms with Crippen molar-refractivity contribution in [3.63, 3.8) is 0 Å². The van der Waals surface area contributed by atoms with Gasteiger partial charge in [0.1, 0.15) is 17.5 Å². The van der Waals surface area contributed by atoms with Gasteiger partial charge in [0.25, 0.3) is 0 Å². The molecule has 2 aromatic carbocycles. The second kappa shape index (κ2) is 6.39. The van der Waals surface area contributed by atoms with Crippen LogP contribution < -0.4 is 4.90 Å². The maximum Gasteiger partial charge on any atom is 0.168 e. The zero-order valence-corrected chi connectivity index (χ0v) is 14.0. The van der Waals surface area contributed by atoms with E-state index in [-0.39, 0.29) is 11.4 Å². The number of nitrogens with zero attached hydrogens (tertiary/aromatic N) is 3. The average molecular weight is 339 g/mol. The lowest BCUT2D eigenvalue weighted by atomic mass is 9.99. The van der Waals surface area contributed by atoms with Crippen molar-refractivity contribution in [3.05, 3.63) is 54.1 Å². The van der Waals surface area contributed by atoms with Gasteiger partial charge in [-0.1, -0.05) is 25.1 Å². The molecule has 5 heteroatoms. The molecule has 1 aliphatic heterocycles. The maximum absolute atomic E-state index is 14.2. The smallest absolute Gasteiger partial charge is 0.168 e. The minimum atomic E-state index is -0.645. The van der Waals surface area contributed by atoms with E-state index in [0.717, 1.165) is 37.1 Å². The Bertz CT molecular complexity index is 898. The third-order valence-corrected chi connectivity index (χ3v) is 4.85. The van der Waals surface area contributed by atoms with Gasteiger partial charge >= 0.3 is 0 Å². The van der Waals surface area contributed by atoms with Gasteiger partial charge in [-0.05, 0) is 43.0 Å². The van der Waals surface area contributed by atoms with Crippen LogP contribution in [-0.4, -0.2) is 23.1 Å². The van der Waals surface area contributed by atoms with Crippen LogP contribution in [0.4, 0.5) is 14.6 Å². The van der Waals surface area contributed by atoms with Crippen molar-refractivity contribution in [2.45, 2.75) is 19.8 Å². The number of hydrogen-bond acceptors (Lipinski definition) is 3. The van der Waals surface area contributed by atoms with E-state index in [1.165, 1.54) is 18.2 Å². The Balaban J connectivity index is 1.90. The number of aromatic nitrogens is 2. The summed E-state index contributed by atoms with van der Waals surface area (Å²) in [5, 5.41) is 0.914. The molecule has 3 aromatic rings. The number of hydrogen-bond donors (Lipinski definition) is 0. The van der Waals surface area contributed by atoms with E-state index in [1.54, 1.807) is 0 Å². The van der Waals surface area contributed by atoms with Crippen LogP contribution in [0.2, 0.25) is 0 Å². The molecular formula is C20H19F2N3. The lowest BCUT2D eigenvalue weighted by Gasteiger charge is -2.32. The molecule has 1 aliphatic rings. The summed E-state index contributed by atoms with van der Waals surface area (Å²) < 4.78 is 28.5. The molecule has 0 aliphatic carbocycles. The third kappa shape index (κ3) is 2.95. The number of piperidine rings is 1. The van der Waals surface area contributed by atoms with Gasteiger partial charge in [-0.25, -0.2) is 18.7 Å². The lowest BCUT2D eigenvalue weighted by molar-refractivity contribution is 0.437. The van der Waals surface area contributed by atoms with Crippen molar-refractivity contribution in [1.29, 1.82) is 0 Å². The standard InChI is InChI=1S/C20H19F2N3/c1-13-9-11-25(12-10-13)20-14-5-2-3-8-17(14)23-19(24-20)18-15(21)6-4-7-16(18)22/h2-8,13H,9-12H2,1H3. The molecule has 1 fully saturated rings. The molecule has 25 heavy (non-hydrogen) atoms. The number of anilines is 1. The Labute approximate surface area is 145 Å². The van der Waals surface area contributed by atoms with Crippen molar-refractivity contribution in [3.8, 4) is 11.4 Å². The van der Waals surface area contributed by atoms with Gasteiger partial charge < -0.3 is 4.90 Å². The van der Waals surface area contributed by atoms with E-state index < -0.39 is 11.6 Å². The minimum absolute atomic E-state index is 0.0999. The van der Waals surface area contributed by atoms with E-state index in [4.69, 9.17) is 0 Å². The normalized spacial score (nSPS) is 15.7. The molecule has 4 rings (SSSR count). The van der Waals surface area contributed by atoms with E-state index >= 15 is 0 Å². The predicted molar refractivity (Wildman–Crippen MR) is 95.5 cm³/mol. The molecule has 1 aromatic heterocycles. The highest BCUT2D eigenvalue weighted by atomic mass is 19.1. The first-order valence-electron chi connectivity index (χ1n) is 8.59. The quantitative estimate of drug-likeness (QED) is 0.671. The van der Waals surface area contributed by atoms with Crippen LogP contribution in [0.15, 0.2) is 42.5 Å². The molecule has 0 N–H and O–H groups in total. The molecule has 0 unspecified atom stereocenters. The van der Waals surface area contributed by atoms with Crippen molar-refractivity contribution >= 4 is 16.7 Å². The number of rotatable bonds is 2. The largest absolute Gasteiger partial charge is 0.356 e.